The second-order valence-corrected chi connectivity index (χ2v) is 5.64. The first-order valence-electron chi connectivity index (χ1n) is 7.18. The molecule has 0 bridgehead atoms. The third-order valence-electron chi connectivity index (χ3n) is 4.20. The molecule has 3 rings (SSSR count). The van der Waals surface area contributed by atoms with Crippen molar-refractivity contribution in [1.29, 1.82) is 0 Å². The van der Waals surface area contributed by atoms with Crippen LogP contribution in [0.5, 0.6) is 5.75 Å². The lowest BCUT2D eigenvalue weighted by Crippen LogP contribution is -2.61. The highest BCUT2D eigenvalue weighted by atomic mass is 19.4. The quantitative estimate of drug-likeness (QED) is 0.913. The average Bonchev–Trinajstić information content (AvgIpc) is 2.45. The van der Waals surface area contributed by atoms with Crippen LogP contribution < -0.4 is 10.1 Å². The van der Waals surface area contributed by atoms with E-state index in [1.807, 2.05) is 0 Å². The van der Waals surface area contributed by atoms with Gasteiger partial charge in [0, 0.05) is 0 Å². The maximum atomic E-state index is 12.4. The lowest BCUT2D eigenvalue weighted by atomic mass is 9.73. The Bertz CT molecular complexity index is 575. The van der Waals surface area contributed by atoms with E-state index in [-0.39, 0.29) is 24.4 Å². The van der Waals surface area contributed by atoms with Gasteiger partial charge < -0.3 is 14.8 Å². The van der Waals surface area contributed by atoms with E-state index in [1.165, 1.54) is 18.2 Å². The fourth-order valence-corrected chi connectivity index (χ4v) is 3.34. The van der Waals surface area contributed by atoms with Gasteiger partial charge in [-0.2, -0.15) is 0 Å². The fourth-order valence-electron chi connectivity index (χ4n) is 3.34. The number of hydrogen-bond donors (Lipinski definition) is 1. The Kier molecular flexibility index (Phi) is 3.76. The SMILES string of the molecule is O=C1COC2CCCCC2(c2cccc(OC(F)(F)F)c2)N1. The molecule has 7 heteroatoms. The van der Waals surface area contributed by atoms with E-state index in [2.05, 4.69) is 10.1 Å². The number of fused-ring (bicyclic) bond motifs is 1. The largest absolute Gasteiger partial charge is 0.573 e. The predicted molar refractivity (Wildman–Crippen MR) is 71.2 cm³/mol. The number of amides is 1. The van der Waals surface area contributed by atoms with Crippen LogP contribution in [0, 0.1) is 0 Å². The van der Waals surface area contributed by atoms with Gasteiger partial charge in [0.25, 0.3) is 0 Å². The van der Waals surface area contributed by atoms with Crippen molar-refractivity contribution in [2.45, 2.75) is 43.7 Å². The summed E-state index contributed by atoms with van der Waals surface area (Å²) in [6.45, 7) is -0.00877. The molecule has 1 saturated carbocycles. The lowest BCUT2D eigenvalue weighted by molar-refractivity contribution is -0.274. The molecule has 1 heterocycles. The third kappa shape index (κ3) is 2.90. The second-order valence-electron chi connectivity index (χ2n) is 5.64. The molecule has 0 aromatic heterocycles. The Balaban J connectivity index is 1.96. The van der Waals surface area contributed by atoms with Crippen molar-refractivity contribution < 1.29 is 27.4 Å². The Labute approximate surface area is 125 Å². The summed E-state index contributed by atoms with van der Waals surface area (Å²) in [4.78, 5) is 11.8. The maximum absolute atomic E-state index is 12.4. The van der Waals surface area contributed by atoms with Crippen molar-refractivity contribution in [3.8, 4) is 5.75 Å². The number of morpholine rings is 1. The van der Waals surface area contributed by atoms with Crippen molar-refractivity contribution in [2.24, 2.45) is 0 Å². The number of carbonyl (C=O) groups excluding carboxylic acids is 1. The number of rotatable bonds is 2. The Morgan fingerprint density at radius 1 is 1.32 bits per heavy atom. The molecule has 1 aromatic rings. The van der Waals surface area contributed by atoms with Gasteiger partial charge in [-0.15, -0.1) is 13.2 Å². The molecule has 1 aliphatic heterocycles. The van der Waals surface area contributed by atoms with Crippen LogP contribution in [0.1, 0.15) is 31.2 Å². The minimum atomic E-state index is -4.74. The van der Waals surface area contributed by atoms with Gasteiger partial charge >= 0.3 is 6.36 Å². The number of ether oxygens (including phenoxy) is 2. The van der Waals surface area contributed by atoms with Crippen LogP contribution in [0.3, 0.4) is 0 Å². The molecule has 120 valence electrons. The normalized spacial score (nSPS) is 28.7. The summed E-state index contributed by atoms with van der Waals surface area (Å²) in [6.07, 6.45) is -1.70. The van der Waals surface area contributed by atoms with E-state index in [0.29, 0.717) is 12.0 Å². The molecule has 4 nitrogen and oxygen atoms in total. The van der Waals surface area contributed by atoms with Crippen LogP contribution in [-0.2, 0) is 15.1 Å². The van der Waals surface area contributed by atoms with Crippen LogP contribution in [0.4, 0.5) is 13.2 Å². The van der Waals surface area contributed by atoms with Gasteiger partial charge in [0.05, 0.1) is 11.6 Å². The van der Waals surface area contributed by atoms with E-state index in [0.717, 1.165) is 19.3 Å². The maximum Gasteiger partial charge on any atom is 0.573 e. The first-order chi connectivity index (χ1) is 10.4. The Hall–Kier alpha value is -1.76. The lowest BCUT2D eigenvalue weighted by Gasteiger charge is -2.47. The summed E-state index contributed by atoms with van der Waals surface area (Å²) >= 11 is 0. The van der Waals surface area contributed by atoms with E-state index in [4.69, 9.17) is 4.74 Å². The zero-order valence-corrected chi connectivity index (χ0v) is 11.8. The molecule has 0 radical (unpaired) electrons. The average molecular weight is 315 g/mol. The van der Waals surface area contributed by atoms with Crippen LogP contribution in [0.2, 0.25) is 0 Å². The molecule has 1 N–H and O–H groups in total. The standard InChI is InChI=1S/C15H16F3NO3/c16-15(17,18)22-11-5-3-4-10(8-11)14-7-2-1-6-12(14)21-9-13(20)19-14/h3-5,8,12H,1-2,6-7,9H2,(H,19,20). The molecule has 1 aromatic carbocycles. The number of nitrogens with one attached hydrogen (secondary N) is 1. The Morgan fingerprint density at radius 3 is 2.91 bits per heavy atom. The highest BCUT2D eigenvalue weighted by molar-refractivity contribution is 5.79. The number of alkyl halides is 3. The molecule has 1 aliphatic carbocycles. The minimum Gasteiger partial charge on any atom is -0.406 e. The summed E-state index contributed by atoms with van der Waals surface area (Å²) in [7, 11) is 0. The van der Waals surface area contributed by atoms with Crippen LogP contribution in [0.15, 0.2) is 24.3 Å². The summed E-state index contributed by atoms with van der Waals surface area (Å²) in [6, 6.07) is 5.78. The van der Waals surface area contributed by atoms with E-state index in [1.54, 1.807) is 6.07 Å². The number of benzene rings is 1. The van der Waals surface area contributed by atoms with Gasteiger partial charge in [-0.05, 0) is 30.5 Å². The Morgan fingerprint density at radius 2 is 2.14 bits per heavy atom. The zero-order chi connectivity index (χ0) is 15.8. The highest BCUT2D eigenvalue weighted by Crippen LogP contribution is 2.42. The zero-order valence-electron chi connectivity index (χ0n) is 11.8. The molecule has 1 amide bonds. The van der Waals surface area contributed by atoms with Crippen molar-refractivity contribution in [3.05, 3.63) is 29.8 Å². The van der Waals surface area contributed by atoms with Gasteiger partial charge in [-0.3, -0.25) is 4.79 Å². The molecule has 0 spiro atoms. The van der Waals surface area contributed by atoms with Gasteiger partial charge in [-0.25, -0.2) is 0 Å². The molecule has 2 atom stereocenters. The summed E-state index contributed by atoms with van der Waals surface area (Å²) in [5.74, 6) is -0.538. The second kappa shape index (κ2) is 5.46. The molecule has 2 unspecified atom stereocenters. The van der Waals surface area contributed by atoms with E-state index in [9.17, 15) is 18.0 Å². The molecule has 22 heavy (non-hydrogen) atoms. The van der Waals surface area contributed by atoms with Crippen molar-refractivity contribution >= 4 is 5.91 Å². The molecule has 1 saturated heterocycles. The van der Waals surface area contributed by atoms with Gasteiger partial charge in [-0.1, -0.05) is 25.0 Å². The minimum absolute atomic E-state index is 0.00877. The molecular weight excluding hydrogens is 299 g/mol. The summed E-state index contributed by atoms with van der Waals surface area (Å²) < 4.78 is 46.8. The number of carbonyl (C=O) groups is 1. The predicted octanol–water partition coefficient (Wildman–Crippen LogP) is 2.87. The van der Waals surface area contributed by atoms with Crippen molar-refractivity contribution in [3.63, 3.8) is 0 Å². The number of halogens is 3. The molecule has 2 aliphatic rings. The topological polar surface area (TPSA) is 47.6 Å². The van der Waals surface area contributed by atoms with Crippen LogP contribution >= 0.6 is 0 Å². The van der Waals surface area contributed by atoms with E-state index < -0.39 is 11.9 Å². The van der Waals surface area contributed by atoms with Gasteiger partial charge in [0.1, 0.15) is 12.4 Å². The van der Waals surface area contributed by atoms with E-state index >= 15 is 0 Å². The first kappa shape index (κ1) is 15.1. The summed E-state index contributed by atoms with van der Waals surface area (Å²) in [5, 5.41) is 2.94. The third-order valence-corrected chi connectivity index (χ3v) is 4.20. The number of hydrogen-bond acceptors (Lipinski definition) is 3. The monoisotopic (exact) mass is 315 g/mol. The van der Waals surface area contributed by atoms with Crippen LogP contribution in [-0.4, -0.2) is 25.0 Å². The van der Waals surface area contributed by atoms with Gasteiger partial charge in [0.15, 0.2) is 0 Å². The van der Waals surface area contributed by atoms with Gasteiger partial charge in [0.2, 0.25) is 5.91 Å². The summed E-state index contributed by atoms with van der Waals surface area (Å²) in [5.41, 5.74) is -0.176. The van der Waals surface area contributed by atoms with Crippen molar-refractivity contribution in [2.75, 3.05) is 6.61 Å². The van der Waals surface area contributed by atoms with Crippen molar-refractivity contribution in [1.82, 2.24) is 5.32 Å². The molecular formula is C15H16F3NO3. The smallest absolute Gasteiger partial charge is 0.406 e. The highest BCUT2D eigenvalue weighted by Gasteiger charge is 2.47. The molecule has 2 fully saturated rings. The fraction of sp³-hybridized carbons (Fsp3) is 0.533. The first-order valence-corrected chi connectivity index (χ1v) is 7.18. The van der Waals surface area contributed by atoms with Crippen LogP contribution in [0.25, 0.3) is 0 Å².